The number of aromatic nitrogens is 2. The van der Waals surface area contributed by atoms with Crippen molar-refractivity contribution in [1.29, 1.82) is 0 Å². The molecular formula is C15H28N4. The Labute approximate surface area is 117 Å². The fourth-order valence-corrected chi connectivity index (χ4v) is 1.92. The van der Waals surface area contributed by atoms with Gasteiger partial charge in [-0.25, -0.2) is 9.97 Å². The summed E-state index contributed by atoms with van der Waals surface area (Å²) in [5.74, 6) is 3.26. The molecule has 1 aromatic heterocycles. The Balaban J connectivity index is 3.03. The predicted molar refractivity (Wildman–Crippen MR) is 83.1 cm³/mol. The van der Waals surface area contributed by atoms with Crippen molar-refractivity contribution in [2.45, 2.75) is 53.4 Å². The maximum Gasteiger partial charge on any atom is 0.135 e. The molecule has 0 radical (unpaired) electrons. The van der Waals surface area contributed by atoms with Gasteiger partial charge in [-0.2, -0.15) is 0 Å². The van der Waals surface area contributed by atoms with E-state index in [-0.39, 0.29) is 0 Å². The van der Waals surface area contributed by atoms with Gasteiger partial charge < -0.3 is 10.2 Å². The third-order valence-electron chi connectivity index (χ3n) is 3.00. The van der Waals surface area contributed by atoms with Gasteiger partial charge in [-0.1, -0.05) is 27.7 Å². The molecule has 0 aliphatic carbocycles. The van der Waals surface area contributed by atoms with E-state index in [1.165, 1.54) is 0 Å². The summed E-state index contributed by atoms with van der Waals surface area (Å²) in [5.41, 5.74) is 0. The first kappa shape index (κ1) is 15.7. The molecule has 0 fully saturated rings. The van der Waals surface area contributed by atoms with Crippen molar-refractivity contribution in [3.8, 4) is 0 Å². The van der Waals surface area contributed by atoms with E-state index in [9.17, 15) is 0 Å². The molecule has 4 nitrogen and oxygen atoms in total. The minimum absolute atomic E-state index is 0.349. The Morgan fingerprint density at radius 2 is 1.89 bits per heavy atom. The quantitative estimate of drug-likeness (QED) is 0.778. The molecule has 0 unspecified atom stereocenters. The van der Waals surface area contributed by atoms with E-state index in [0.29, 0.717) is 5.92 Å². The third-order valence-corrected chi connectivity index (χ3v) is 3.00. The number of hydrogen-bond acceptors (Lipinski definition) is 4. The first-order valence-corrected chi connectivity index (χ1v) is 7.50. The minimum atomic E-state index is 0.349. The van der Waals surface area contributed by atoms with Crippen LogP contribution in [0.3, 0.4) is 0 Å². The highest BCUT2D eigenvalue weighted by molar-refractivity contribution is 5.49. The fraction of sp³-hybridized carbons (Fsp3) is 0.733. The SMILES string of the molecule is CCCNc1cc(N(CC)CCC)nc(C(C)C)n1. The number of anilines is 2. The van der Waals surface area contributed by atoms with Gasteiger partial charge in [0.2, 0.25) is 0 Å². The Hall–Kier alpha value is -1.32. The summed E-state index contributed by atoms with van der Waals surface area (Å²) in [6.07, 6.45) is 2.23. The number of hydrogen-bond donors (Lipinski definition) is 1. The van der Waals surface area contributed by atoms with Crippen molar-refractivity contribution >= 4 is 11.6 Å². The van der Waals surface area contributed by atoms with E-state index >= 15 is 0 Å². The molecule has 1 N–H and O–H groups in total. The summed E-state index contributed by atoms with van der Waals surface area (Å²) in [7, 11) is 0. The Bertz CT molecular complexity index is 376. The van der Waals surface area contributed by atoms with Gasteiger partial charge in [0.05, 0.1) is 0 Å². The molecule has 0 aromatic carbocycles. The molecule has 0 aliphatic rings. The van der Waals surface area contributed by atoms with Crippen LogP contribution in [0.1, 0.15) is 59.2 Å². The smallest absolute Gasteiger partial charge is 0.135 e. The summed E-state index contributed by atoms with van der Waals surface area (Å²) in [4.78, 5) is 11.6. The molecule has 0 saturated carbocycles. The van der Waals surface area contributed by atoms with Crippen LogP contribution in [-0.2, 0) is 0 Å². The van der Waals surface area contributed by atoms with Crippen molar-refractivity contribution in [3.63, 3.8) is 0 Å². The molecule has 1 rings (SSSR count). The average molecular weight is 264 g/mol. The van der Waals surface area contributed by atoms with Crippen LogP contribution in [0.15, 0.2) is 6.07 Å². The number of nitrogens with one attached hydrogen (secondary N) is 1. The molecule has 1 aromatic rings. The van der Waals surface area contributed by atoms with Crippen LogP contribution >= 0.6 is 0 Å². The Morgan fingerprint density at radius 3 is 2.42 bits per heavy atom. The van der Waals surface area contributed by atoms with Gasteiger partial charge in [-0.05, 0) is 19.8 Å². The fourth-order valence-electron chi connectivity index (χ4n) is 1.92. The van der Waals surface area contributed by atoms with Gasteiger partial charge in [0, 0.05) is 31.6 Å². The van der Waals surface area contributed by atoms with Crippen LogP contribution in [0.5, 0.6) is 0 Å². The van der Waals surface area contributed by atoms with Crippen molar-refractivity contribution < 1.29 is 0 Å². The van der Waals surface area contributed by atoms with Crippen LogP contribution in [0.25, 0.3) is 0 Å². The maximum absolute atomic E-state index is 4.71. The largest absolute Gasteiger partial charge is 0.370 e. The molecule has 108 valence electrons. The highest BCUT2D eigenvalue weighted by atomic mass is 15.2. The standard InChI is InChI=1S/C15H28N4/c1-6-9-16-13-11-14(19(8-3)10-7-2)18-15(17-13)12(4)5/h11-12H,6-10H2,1-5H3,(H,16,17,18). The van der Waals surface area contributed by atoms with Gasteiger partial charge in [-0.15, -0.1) is 0 Å². The first-order valence-electron chi connectivity index (χ1n) is 7.50. The molecular weight excluding hydrogens is 236 g/mol. The zero-order valence-corrected chi connectivity index (χ0v) is 13.0. The zero-order valence-electron chi connectivity index (χ0n) is 13.0. The maximum atomic E-state index is 4.71. The summed E-state index contributed by atoms with van der Waals surface area (Å²) in [5, 5.41) is 3.37. The van der Waals surface area contributed by atoms with Crippen LogP contribution in [-0.4, -0.2) is 29.6 Å². The molecule has 0 bridgehead atoms. The highest BCUT2D eigenvalue weighted by Crippen LogP contribution is 2.20. The van der Waals surface area contributed by atoms with Gasteiger partial charge in [0.25, 0.3) is 0 Å². The summed E-state index contributed by atoms with van der Waals surface area (Å²) >= 11 is 0. The number of nitrogens with zero attached hydrogens (tertiary/aromatic N) is 3. The molecule has 0 saturated heterocycles. The van der Waals surface area contributed by atoms with E-state index in [0.717, 1.165) is 49.9 Å². The summed E-state index contributed by atoms with van der Waals surface area (Å²) in [6.45, 7) is 13.8. The lowest BCUT2D eigenvalue weighted by Gasteiger charge is -2.23. The van der Waals surface area contributed by atoms with Crippen LogP contribution in [0.2, 0.25) is 0 Å². The van der Waals surface area contributed by atoms with E-state index in [1.54, 1.807) is 0 Å². The van der Waals surface area contributed by atoms with Crippen LogP contribution in [0, 0.1) is 0 Å². The highest BCUT2D eigenvalue weighted by Gasteiger charge is 2.11. The third kappa shape index (κ3) is 4.69. The average Bonchev–Trinajstić information content (AvgIpc) is 2.42. The normalized spacial score (nSPS) is 10.8. The van der Waals surface area contributed by atoms with Crippen LogP contribution < -0.4 is 10.2 Å². The van der Waals surface area contributed by atoms with E-state index in [4.69, 9.17) is 4.98 Å². The van der Waals surface area contributed by atoms with E-state index in [2.05, 4.69) is 55.9 Å². The summed E-state index contributed by atoms with van der Waals surface area (Å²) in [6, 6.07) is 2.07. The molecule has 0 aliphatic heterocycles. The van der Waals surface area contributed by atoms with Crippen LogP contribution in [0.4, 0.5) is 11.6 Å². The second kappa shape index (κ2) is 7.97. The lowest BCUT2D eigenvalue weighted by molar-refractivity contribution is 0.738. The first-order chi connectivity index (χ1) is 9.12. The second-order valence-corrected chi connectivity index (χ2v) is 5.13. The lowest BCUT2D eigenvalue weighted by atomic mass is 10.2. The Kier molecular flexibility index (Phi) is 6.60. The molecule has 4 heteroatoms. The molecule has 1 heterocycles. The van der Waals surface area contributed by atoms with E-state index in [1.807, 2.05) is 0 Å². The van der Waals surface area contributed by atoms with Gasteiger partial charge in [-0.3, -0.25) is 0 Å². The van der Waals surface area contributed by atoms with Gasteiger partial charge in [0.15, 0.2) is 0 Å². The van der Waals surface area contributed by atoms with Gasteiger partial charge in [0.1, 0.15) is 17.5 Å². The topological polar surface area (TPSA) is 41.0 Å². The molecule has 19 heavy (non-hydrogen) atoms. The summed E-state index contributed by atoms with van der Waals surface area (Å²) < 4.78 is 0. The predicted octanol–water partition coefficient (Wildman–Crippen LogP) is 3.66. The van der Waals surface area contributed by atoms with Crippen molar-refractivity contribution in [2.75, 3.05) is 29.9 Å². The van der Waals surface area contributed by atoms with Crippen molar-refractivity contribution in [1.82, 2.24) is 9.97 Å². The number of rotatable bonds is 8. The second-order valence-electron chi connectivity index (χ2n) is 5.13. The van der Waals surface area contributed by atoms with Gasteiger partial charge >= 0.3 is 0 Å². The molecule has 0 amide bonds. The van der Waals surface area contributed by atoms with E-state index < -0.39 is 0 Å². The monoisotopic (exact) mass is 264 g/mol. The molecule has 0 atom stereocenters. The minimum Gasteiger partial charge on any atom is -0.370 e. The zero-order chi connectivity index (χ0) is 14.3. The van der Waals surface area contributed by atoms with Crippen molar-refractivity contribution in [3.05, 3.63) is 11.9 Å². The Morgan fingerprint density at radius 1 is 1.16 bits per heavy atom. The van der Waals surface area contributed by atoms with Crippen molar-refractivity contribution in [2.24, 2.45) is 0 Å². The molecule has 0 spiro atoms. The lowest BCUT2D eigenvalue weighted by Crippen LogP contribution is -2.25.